The summed E-state index contributed by atoms with van der Waals surface area (Å²) in [6, 6.07) is 12.4. The van der Waals surface area contributed by atoms with Crippen molar-refractivity contribution in [3.63, 3.8) is 0 Å². The third-order valence-electron chi connectivity index (χ3n) is 3.84. The number of benzene rings is 2. The maximum Gasteiger partial charge on any atom is 0.281 e. The van der Waals surface area contributed by atoms with Crippen LogP contribution in [0.5, 0.6) is 0 Å². The summed E-state index contributed by atoms with van der Waals surface area (Å²) in [6.45, 7) is 0. The van der Waals surface area contributed by atoms with Crippen molar-refractivity contribution in [1.82, 2.24) is 5.53 Å². The van der Waals surface area contributed by atoms with Gasteiger partial charge in [-0.1, -0.05) is 18.2 Å². The molecule has 0 spiro atoms. The molecule has 4 rings (SSSR count). The highest BCUT2D eigenvalue weighted by atomic mass is 19.1. The fraction of sp³-hybridized carbons (Fsp3) is 0. The van der Waals surface area contributed by atoms with Crippen LogP contribution < -0.4 is 15.6 Å². The number of anilines is 2. The minimum Gasteiger partial charge on any atom is -0.492 e. The molecule has 2 aliphatic rings. The second-order valence-electron chi connectivity index (χ2n) is 5.26. The van der Waals surface area contributed by atoms with Crippen molar-refractivity contribution in [2.24, 2.45) is 0 Å². The van der Waals surface area contributed by atoms with Crippen molar-refractivity contribution in [3.8, 4) is 0 Å². The van der Waals surface area contributed by atoms with Crippen LogP contribution in [0.2, 0.25) is 0 Å². The van der Waals surface area contributed by atoms with E-state index in [-0.39, 0.29) is 17.3 Å². The van der Waals surface area contributed by atoms with Gasteiger partial charge in [-0.15, -0.1) is 5.53 Å². The number of hydrogen-bond acceptors (Lipinski definition) is 6. The van der Waals surface area contributed by atoms with E-state index in [4.69, 9.17) is 0 Å². The lowest BCUT2D eigenvalue weighted by Crippen LogP contribution is -2.42. The molecule has 0 amide bonds. The third-order valence-corrected chi connectivity index (χ3v) is 3.84. The van der Waals surface area contributed by atoms with Crippen molar-refractivity contribution in [2.75, 3.05) is 10.0 Å². The van der Waals surface area contributed by atoms with E-state index in [1.54, 1.807) is 30.3 Å². The number of hydrazine groups is 2. The van der Waals surface area contributed by atoms with E-state index in [9.17, 15) is 19.6 Å². The fourth-order valence-electron chi connectivity index (χ4n) is 2.77. The molecule has 0 aromatic heterocycles. The number of nitrogens with one attached hydrogen (secondary N) is 1. The van der Waals surface area contributed by atoms with Gasteiger partial charge in [0, 0.05) is 6.08 Å². The van der Waals surface area contributed by atoms with Crippen LogP contribution in [0.15, 0.2) is 66.2 Å². The summed E-state index contributed by atoms with van der Waals surface area (Å²) >= 11 is 0. The number of aliphatic hydroxyl groups excluding tert-OH is 1. The molecule has 7 nitrogen and oxygen atoms in total. The lowest BCUT2D eigenvalue weighted by Gasteiger charge is -2.26. The Kier molecular flexibility index (Phi) is 3.00. The lowest BCUT2D eigenvalue weighted by molar-refractivity contribution is -0.375. The molecule has 0 saturated carbocycles. The van der Waals surface area contributed by atoms with Crippen molar-refractivity contribution in [2.45, 2.75) is 0 Å². The fourth-order valence-corrected chi connectivity index (χ4v) is 2.77. The van der Waals surface area contributed by atoms with Crippen LogP contribution in [0, 0.1) is 15.9 Å². The van der Waals surface area contributed by atoms with Gasteiger partial charge in [-0.25, -0.2) is 9.40 Å². The highest BCUT2D eigenvalue weighted by molar-refractivity contribution is 5.82. The Labute approximate surface area is 135 Å². The van der Waals surface area contributed by atoms with E-state index in [1.165, 1.54) is 34.3 Å². The van der Waals surface area contributed by atoms with Gasteiger partial charge in [-0.2, -0.15) is 0 Å². The summed E-state index contributed by atoms with van der Waals surface area (Å²) in [5.74, 6) is -0.714. The Bertz CT molecular complexity index is 925. The maximum atomic E-state index is 13.5. The zero-order valence-corrected chi connectivity index (χ0v) is 12.2. The van der Waals surface area contributed by atoms with Crippen LogP contribution in [-0.4, -0.2) is 10.0 Å². The van der Waals surface area contributed by atoms with E-state index in [1.807, 2.05) is 0 Å². The van der Waals surface area contributed by atoms with E-state index < -0.39 is 10.7 Å². The van der Waals surface area contributed by atoms with Gasteiger partial charge in [0.2, 0.25) is 5.88 Å². The Balaban J connectivity index is 1.86. The quantitative estimate of drug-likeness (QED) is 0.652. The van der Waals surface area contributed by atoms with Crippen molar-refractivity contribution < 1.29 is 14.4 Å². The number of aliphatic hydroxyl groups is 1. The lowest BCUT2D eigenvalue weighted by atomic mass is 10.0. The number of nitrogens with zero attached hydrogens (tertiary/aromatic N) is 3. The molecule has 0 saturated heterocycles. The zero-order valence-electron chi connectivity index (χ0n) is 12.2. The number of para-hydroxylation sites is 1. The number of fused-ring (bicyclic) bond motifs is 3. The summed E-state index contributed by atoms with van der Waals surface area (Å²) in [5.41, 5.74) is 4.31. The van der Waals surface area contributed by atoms with Gasteiger partial charge in [-0.3, -0.25) is 15.1 Å². The second kappa shape index (κ2) is 5.07. The van der Waals surface area contributed by atoms with Gasteiger partial charge in [0.1, 0.15) is 11.5 Å². The predicted octanol–water partition coefficient (Wildman–Crippen LogP) is 2.93. The first kappa shape index (κ1) is 14.2. The summed E-state index contributed by atoms with van der Waals surface area (Å²) in [7, 11) is 0. The molecule has 8 heteroatoms. The van der Waals surface area contributed by atoms with Crippen molar-refractivity contribution >= 4 is 17.1 Å². The normalized spacial score (nSPS) is 16.0. The van der Waals surface area contributed by atoms with E-state index >= 15 is 0 Å². The van der Waals surface area contributed by atoms with Crippen LogP contribution >= 0.6 is 0 Å². The van der Waals surface area contributed by atoms with Gasteiger partial charge in [0.05, 0.1) is 21.9 Å². The Morgan fingerprint density at radius 3 is 2.67 bits per heavy atom. The van der Waals surface area contributed by atoms with Crippen molar-refractivity contribution in [3.05, 3.63) is 87.7 Å². The first-order chi connectivity index (χ1) is 11.6. The largest absolute Gasteiger partial charge is 0.492 e. The van der Waals surface area contributed by atoms with Crippen LogP contribution in [0.3, 0.4) is 0 Å². The van der Waals surface area contributed by atoms with E-state index in [2.05, 4.69) is 5.53 Å². The first-order valence-corrected chi connectivity index (χ1v) is 7.07. The molecule has 2 N–H and O–H groups in total. The number of rotatable bonds is 2. The molecule has 0 bridgehead atoms. The summed E-state index contributed by atoms with van der Waals surface area (Å²) in [4.78, 5) is 10.8. The van der Waals surface area contributed by atoms with Gasteiger partial charge in [-0.05, 0) is 30.3 Å². The second-order valence-corrected chi connectivity index (χ2v) is 5.26. The first-order valence-electron chi connectivity index (χ1n) is 7.07. The monoisotopic (exact) mass is 326 g/mol. The Morgan fingerprint density at radius 1 is 1.12 bits per heavy atom. The molecular formula is C16H11FN4O3. The predicted molar refractivity (Wildman–Crippen MR) is 85.6 cm³/mol. The number of nitro groups is 1. The maximum absolute atomic E-state index is 13.5. The van der Waals surface area contributed by atoms with Crippen LogP contribution in [0.1, 0.15) is 5.56 Å². The Morgan fingerprint density at radius 2 is 1.92 bits per heavy atom. The molecule has 120 valence electrons. The number of allylic oxidation sites excluding steroid dienone is 1. The minimum atomic E-state index is -0.499. The minimum absolute atomic E-state index is 0.119. The van der Waals surface area contributed by atoms with Gasteiger partial charge in [0.25, 0.3) is 5.70 Å². The van der Waals surface area contributed by atoms with Crippen LogP contribution in [0.25, 0.3) is 5.70 Å². The van der Waals surface area contributed by atoms with Crippen molar-refractivity contribution in [1.29, 1.82) is 0 Å². The average Bonchev–Trinajstić information content (AvgIpc) is 2.91. The molecule has 24 heavy (non-hydrogen) atoms. The highest BCUT2D eigenvalue weighted by Gasteiger charge is 2.38. The molecule has 2 aromatic carbocycles. The molecule has 0 atom stereocenters. The van der Waals surface area contributed by atoms with E-state index in [0.29, 0.717) is 16.9 Å². The van der Waals surface area contributed by atoms with Gasteiger partial charge >= 0.3 is 0 Å². The summed E-state index contributed by atoms with van der Waals surface area (Å²) in [5, 5.41) is 24.6. The number of hydrogen-bond donors (Lipinski definition) is 2. The SMILES string of the molecule is O=[N+]([O-])C1=CC2=C(O)N(c3cccc(F)c3)NN2c2ccccc21. The number of halogens is 1. The van der Waals surface area contributed by atoms with Crippen LogP contribution in [-0.2, 0) is 0 Å². The summed E-state index contributed by atoms with van der Waals surface area (Å²) < 4.78 is 13.5. The van der Waals surface area contributed by atoms with Gasteiger partial charge in [0.15, 0.2) is 0 Å². The molecule has 0 fully saturated rings. The zero-order chi connectivity index (χ0) is 16.8. The molecule has 0 aliphatic carbocycles. The topological polar surface area (TPSA) is 81.9 Å². The third kappa shape index (κ3) is 2.01. The smallest absolute Gasteiger partial charge is 0.281 e. The molecule has 0 unspecified atom stereocenters. The van der Waals surface area contributed by atoms with Crippen LogP contribution in [0.4, 0.5) is 15.8 Å². The summed E-state index contributed by atoms with van der Waals surface area (Å²) in [6.07, 6.45) is 1.28. The van der Waals surface area contributed by atoms with Gasteiger partial charge < -0.3 is 5.11 Å². The molecule has 2 aliphatic heterocycles. The average molecular weight is 326 g/mol. The molecular weight excluding hydrogens is 315 g/mol. The highest BCUT2D eigenvalue weighted by Crippen LogP contribution is 2.39. The standard InChI is InChI=1S/C16H11FN4O3/c17-10-4-3-5-11(8-10)19-16(22)15-9-14(21(23)24)12-6-1-2-7-13(12)20(15)18-19/h1-9,18,22H. The van der Waals surface area contributed by atoms with E-state index in [0.717, 1.165) is 0 Å². The molecule has 2 heterocycles. The molecule has 2 aromatic rings. The molecule has 0 radical (unpaired) electrons. The Hall–Kier alpha value is -3.39.